The van der Waals surface area contributed by atoms with Crippen LogP contribution >= 0.6 is 11.6 Å². The number of aliphatic imine (C=N–C) groups is 1. The van der Waals surface area contributed by atoms with Crippen molar-refractivity contribution in [3.63, 3.8) is 0 Å². The van der Waals surface area contributed by atoms with E-state index >= 15 is 0 Å². The first-order chi connectivity index (χ1) is 6.66. The lowest BCUT2D eigenvalue weighted by molar-refractivity contribution is 0.315. The monoisotopic (exact) mass is 214 g/mol. The average molecular weight is 215 g/mol. The van der Waals surface area contributed by atoms with Crippen molar-refractivity contribution in [2.24, 2.45) is 10.7 Å². The summed E-state index contributed by atoms with van der Waals surface area (Å²) in [4.78, 5) is 4.02. The molecule has 1 atom stereocenters. The van der Waals surface area contributed by atoms with Crippen molar-refractivity contribution >= 4 is 17.6 Å². The lowest BCUT2D eigenvalue weighted by atomic mass is 10.1. The van der Waals surface area contributed by atoms with Gasteiger partial charge >= 0.3 is 0 Å². The molecule has 1 aliphatic heterocycles. The number of nitrogens with two attached hydrogens (primary N) is 1. The van der Waals surface area contributed by atoms with E-state index in [1.807, 2.05) is 0 Å². The lowest BCUT2D eigenvalue weighted by Crippen LogP contribution is -2.10. The van der Waals surface area contributed by atoms with Gasteiger partial charge in [-0.2, -0.15) is 0 Å². The van der Waals surface area contributed by atoms with E-state index in [0.29, 0.717) is 6.61 Å². The summed E-state index contributed by atoms with van der Waals surface area (Å²) in [7, 11) is 0. The minimum absolute atomic E-state index is 0.0863. The summed E-state index contributed by atoms with van der Waals surface area (Å²) in [5, 5.41) is 0.0863. The molecule has 0 amide bonds. The van der Waals surface area contributed by atoms with E-state index in [-0.39, 0.29) is 17.1 Å². The maximum atomic E-state index is 12.8. The Labute approximate surface area is 85.3 Å². The molecular formula is C9H8ClFN2O. The van der Waals surface area contributed by atoms with Crippen molar-refractivity contribution in [2.75, 3.05) is 6.61 Å². The van der Waals surface area contributed by atoms with Crippen LogP contribution in [0.15, 0.2) is 23.2 Å². The van der Waals surface area contributed by atoms with Gasteiger partial charge in [0.1, 0.15) is 18.5 Å². The Hall–Kier alpha value is -1.29. The first-order valence-electron chi connectivity index (χ1n) is 4.08. The third-order valence-electron chi connectivity index (χ3n) is 2.00. The van der Waals surface area contributed by atoms with Crippen LogP contribution in [0.5, 0.6) is 0 Å². The molecule has 0 aromatic heterocycles. The van der Waals surface area contributed by atoms with E-state index in [1.165, 1.54) is 12.1 Å². The van der Waals surface area contributed by atoms with Crippen molar-refractivity contribution in [2.45, 2.75) is 6.04 Å². The molecular weight excluding hydrogens is 207 g/mol. The van der Waals surface area contributed by atoms with Gasteiger partial charge in [-0.3, -0.25) is 0 Å². The Morgan fingerprint density at radius 1 is 1.57 bits per heavy atom. The standard InChI is InChI=1S/C9H8ClFN2O/c10-6-3-5(1-2-7(6)11)8-4-14-9(12)13-8/h1-3,8H,4H2,(H2,12,13)/t8-/m0/s1. The number of ether oxygens (including phenoxy) is 1. The van der Waals surface area contributed by atoms with Crippen LogP contribution in [-0.2, 0) is 4.74 Å². The fraction of sp³-hybridized carbons (Fsp3) is 0.222. The molecule has 1 aromatic rings. The molecule has 0 aliphatic carbocycles. The van der Waals surface area contributed by atoms with Crippen LogP contribution in [0.4, 0.5) is 4.39 Å². The van der Waals surface area contributed by atoms with E-state index in [9.17, 15) is 4.39 Å². The smallest absolute Gasteiger partial charge is 0.282 e. The average Bonchev–Trinajstić information content (AvgIpc) is 2.57. The van der Waals surface area contributed by atoms with Gasteiger partial charge in [0.15, 0.2) is 0 Å². The molecule has 0 saturated heterocycles. The Kier molecular flexibility index (Phi) is 2.29. The molecule has 0 saturated carbocycles. The number of amidine groups is 1. The number of rotatable bonds is 1. The van der Waals surface area contributed by atoms with E-state index in [2.05, 4.69) is 4.99 Å². The minimum Gasteiger partial charge on any atom is -0.463 e. The minimum atomic E-state index is -0.439. The predicted molar refractivity (Wildman–Crippen MR) is 51.7 cm³/mol. The molecule has 1 aromatic carbocycles. The van der Waals surface area contributed by atoms with Crippen LogP contribution < -0.4 is 5.73 Å². The van der Waals surface area contributed by atoms with Crippen LogP contribution in [0.2, 0.25) is 5.02 Å². The maximum Gasteiger partial charge on any atom is 0.282 e. The number of halogens is 2. The molecule has 5 heteroatoms. The summed E-state index contributed by atoms with van der Waals surface area (Å²) in [5.41, 5.74) is 6.15. The third-order valence-corrected chi connectivity index (χ3v) is 2.29. The van der Waals surface area contributed by atoms with Gasteiger partial charge in [-0.15, -0.1) is 0 Å². The maximum absolute atomic E-state index is 12.8. The highest BCUT2D eigenvalue weighted by atomic mass is 35.5. The molecule has 3 nitrogen and oxygen atoms in total. The first kappa shape index (κ1) is 9.27. The zero-order chi connectivity index (χ0) is 10.1. The molecule has 0 fully saturated rings. The summed E-state index contributed by atoms with van der Waals surface area (Å²) in [6.45, 7) is 0.383. The van der Waals surface area contributed by atoms with Gasteiger partial charge in [-0.25, -0.2) is 9.38 Å². The zero-order valence-corrected chi connectivity index (χ0v) is 7.96. The molecule has 1 aliphatic rings. The highest BCUT2D eigenvalue weighted by molar-refractivity contribution is 6.30. The van der Waals surface area contributed by atoms with E-state index in [4.69, 9.17) is 22.1 Å². The summed E-state index contributed by atoms with van der Waals surface area (Å²) in [6, 6.07) is 4.45. The van der Waals surface area contributed by atoms with E-state index in [0.717, 1.165) is 5.56 Å². The van der Waals surface area contributed by atoms with Gasteiger partial charge in [0.05, 0.1) is 5.02 Å². The van der Waals surface area contributed by atoms with Gasteiger partial charge in [0.25, 0.3) is 6.02 Å². The summed E-state index contributed by atoms with van der Waals surface area (Å²) >= 11 is 5.63. The zero-order valence-electron chi connectivity index (χ0n) is 7.21. The lowest BCUT2D eigenvalue weighted by Gasteiger charge is -2.05. The molecule has 0 spiro atoms. The molecule has 0 bridgehead atoms. The Balaban J connectivity index is 2.29. The fourth-order valence-corrected chi connectivity index (χ4v) is 1.47. The molecule has 74 valence electrons. The summed E-state index contributed by atoms with van der Waals surface area (Å²) < 4.78 is 17.8. The van der Waals surface area contributed by atoms with Crippen LogP contribution in [0.3, 0.4) is 0 Å². The van der Waals surface area contributed by atoms with Gasteiger partial charge in [-0.05, 0) is 17.7 Å². The van der Waals surface area contributed by atoms with E-state index in [1.54, 1.807) is 6.07 Å². The summed E-state index contributed by atoms with van der Waals surface area (Å²) in [5.74, 6) is -0.439. The van der Waals surface area contributed by atoms with Crippen molar-refractivity contribution in [1.29, 1.82) is 0 Å². The highest BCUT2D eigenvalue weighted by Gasteiger charge is 2.19. The quantitative estimate of drug-likeness (QED) is 0.776. The normalized spacial score (nSPS) is 20.4. The highest BCUT2D eigenvalue weighted by Crippen LogP contribution is 2.25. The number of benzene rings is 1. The number of nitrogens with zero attached hydrogens (tertiary/aromatic N) is 1. The van der Waals surface area contributed by atoms with Gasteiger partial charge in [-0.1, -0.05) is 17.7 Å². The SMILES string of the molecule is NC1=N[C@H](c2ccc(F)c(Cl)c2)CO1. The van der Waals surface area contributed by atoms with Gasteiger partial charge < -0.3 is 10.5 Å². The molecule has 2 rings (SSSR count). The Morgan fingerprint density at radius 2 is 2.36 bits per heavy atom. The van der Waals surface area contributed by atoms with Gasteiger partial charge in [0, 0.05) is 0 Å². The molecule has 0 unspecified atom stereocenters. The second kappa shape index (κ2) is 3.46. The Morgan fingerprint density at radius 3 is 2.93 bits per heavy atom. The number of hydrogen-bond acceptors (Lipinski definition) is 3. The van der Waals surface area contributed by atoms with Crippen molar-refractivity contribution < 1.29 is 9.13 Å². The fourth-order valence-electron chi connectivity index (χ4n) is 1.28. The molecule has 2 N–H and O–H groups in total. The topological polar surface area (TPSA) is 47.6 Å². The molecule has 14 heavy (non-hydrogen) atoms. The second-order valence-electron chi connectivity index (χ2n) is 2.97. The summed E-state index contributed by atoms with van der Waals surface area (Å²) in [6.07, 6.45) is 0. The van der Waals surface area contributed by atoms with Crippen LogP contribution in [0.1, 0.15) is 11.6 Å². The van der Waals surface area contributed by atoms with Crippen LogP contribution in [-0.4, -0.2) is 12.6 Å². The van der Waals surface area contributed by atoms with E-state index < -0.39 is 5.82 Å². The number of hydrogen-bond donors (Lipinski definition) is 1. The first-order valence-corrected chi connectivity index (χ1v) is 4.45. The van der Waals surface area contributed by atoms with Crippen LogP contribution in [0, 0.1) is 5.82 Å². The van der Waals surface area contributed by atoms with Crippen LogP contribution in [0.25, 0.3) is 0 Å². The third kappa shape index (κ3) is 1.65. The Bertz CT molecular complexity index is 394. The van der Waals surface area contributed by atoms with Gasteiger partial charge in [0.2, 0.25) is 0 Å². The molecule has 1 heterocycles. The predicted octanol–water partition coefficient (Wildman–Crippen LogP) is 1.87. The molecule has 0 radical (unpaired) electrons. The second-order valence-corrected chi connectivity index (χ2v) is 3.37. The largest absolute Gasteiger partial charge is 0.463 e. The van der Waals surface area contributed by atoms with Crippen molar-refractivity contribution in [1.82, 2.24) is 0 Å². The van der Waals surface area contributed by atoms with Crippen molar-refractivity contribution in [3.8, 4) is 0 Å². The van der Waals surface area contributed by atoms with Crippen molar-refractivity contribution in [3.05, 3.63) is 34.6 Å².